The summed E-state index contributed by atoms with van der Waals surface area (Å²) in [7, 11) is 1.45. The average Bonchev–Trinajstić information content (AvgIpc) is 2.47. The molecule has 0 heterocycles. The Kier molecular flexibility index (Phi) is 13.6. The smallest absolute Gasteiger partial charge is 0.305 e. The SMILES string of the molecule is C=C(C)C(O)CCCCCCCCCCCCC(=O)OC. The second kappa shape index (κ2) is 14.1. The van der Waals surface area contributed by atoms with Crippen molar-refractivity contribution in [2.24, 2.45) is 0 Å². The standard InChI is InChI=1S/C18H34O3/c1-16(2)17(19)14-12-10-8-6-4-5-7-9-11-13-15-18(20)21-3/h17,19H,1,4-15H2,2-3H3. The number of carbonyl (C=O) groups excluding carboxylic acids is 1. The van der Waals surface area contributed by atoms with E-state index in [1.54, 1.807) is 0 Å². The Morgan fingerprint density at radius 2 is 1.38 bits per heavy atom. The van der Waals surface area contributed by atoms with Crippen molar-refractivity contribution in [3.63, 3.8) is 0 Å². The van der Waals surface area contributed by atoms with E-state index in [2.05, 4.69) is 11.3 Å². The first-order valence-corrected chi connectivity index (χ1v) is 8.48. The number of unbranched alkanes of at least 4 members (excludes halogenated alkanes) is 9. The summed E-state index contributed by atoms with van der Waals surface area (Å²) in [6, 6.07) is 0. The van der Waals surface area contributed by atoms with Gasteiger partial charge in [-0.1, -0.05) is 69.9 Å². The van der Waals surface area contributed by atoms with Crippen LogP contribution in [0.3, 0.4) is 0 Å². The van der Waals surface area contributed by atoms with E-state index in [4.69, 9.17) is 0 Å². The highest BCUT2D eigenvalue weighted by Gasteiger charge is 2.03. The van der Waals surface area contributed by atoms with Gasteiger partial charge in [-0.05, 0) is 19.8 Å². The van der Waals surface area contributed by atoms with E-state index in [1.165, 1.54) is 52.1 Å². The van der Waals surface area contributed by atoms with Gasteiger partial charge >= 0.3 is 5.97 Å². The molecule has 0 rings (SSSR count). The molecule has 0 amide bonds. The third-order valence-electron chi connectivity index (χ3n) is 3.90. The zero-order valence-corrected chi connectivity index (χ0v) is 14.0. The van der Waals surface area contributed by atoms with Crippen molar-refractivity contribution in [3.05, 3.63) is 12.2 Å². The van der Waals surface area contributed by atoms with Gasteiger partial charge < -0.3 is 9.84 Å². The lowest BCUT2D eigenvalue weighted by molar-refractivity contribution is -0.140. The van der Waals surface area contributed by atoms with Crippen LogP contribution in [0.25, 0.3) is 0 Å². The Balaban J connectivity index is 3.12. The average molecular weight is 298 g/mol. The summed E-state index contributed by atoms with van der Waals surface area (Å²) in [5.74, 6) is -0.0910. The van der Waals surface area contributed by atoms with Gasteiger partial charge in [0, 0.05) is 6.42 Å². The van der Waals surface area contributed by atoms with Crippen LogP contribution in [0, 0.1) is 0 Å². The molecular weight excluding hydrogens is 264 g/mol. The summed E-state index contributed by atoms with van der Waals surface area (Å²) in [6.07, 6.45) is 13.2. The molecule has 0 saturated carbocycles. The largest absolute Gasteiger partial charge is 0.469 e. The van der Waals surface area contributed by atoms with E-state index in [9.17, 15) is 9.90 Å². The first-order chi connectivity index (χ1) is 10.1. The number of carbonyl (C=O) groups is 1. The first kappa shape index (κ1) is 20.2. The highest BCUT2D eigenvalue weighted by molar-refractivity contribution is 5.68. The minimum Gasteiger partial charge on any atom is -0.469 e. The van der Waals surface area contributed by atoms with Crippen LogP contribution in [0.2, 0.25) is 0 Å². The summed E-state index contributed by atoms with van der Waals surface area (Å²) >= 11 is 0. The molecular formula is C18H34O3. The van der Waals surface area contributed by atoms with Crippen LogP contribution >= 0.6 is 0 Å². The van der Waals surface area contributed by atoms with Gasteiger partial charge in [0.2, 0.25) is 0 Å². The van der Waals surface area contributed by atoms with Crippen LogP contribution in [0.1, 0.15) is 84.0 Å². The number of methoxy groups -OCH3 is 1. The van der Waals surface area contributed by atoms with E-state index in [-0.39, 0.29) is 12.1 Å². The second-order valence-electron chi connectivity index (χ2n) is 6.01. The fourth-order valence-electron chi connectivity index (χ4n) is 2.37. The number of hydrogen-bond acceptors (Lipinski definition) is 3. The highest BCUT2D eigenvalue weighted by Crippen LogP contribution is 2.14. The van der Waals surface area contributed by atoms with Crippen molar-refractivity contribution in [3.8, 4) is 0 Å². The van der Waals surface area contributed by atoms with Gasteiger partial charge in [-0.15, -0.1) is 0 Å². The van der Waals surface area contributed by atoms with Crippen molar-refractivity contribution in [1.82, 2.24) is 0 Å². The Morgan fingerprint density at radius 1 is 0.952 bits per heavy atom. The molecule has 3 heteroatoms. The topological polar surface area (TPSA) is 46.5 Å². The van der Waals surface area contributed by atoms with Crippen molar-refractivity contribution in [2.45, 2.75) is 90.1 Å². The summed E-state index contributed by atoms with van der Waals surface area (Å²) < 4.78 is 4.61. The maximum Gasteiger partial charge on any atom is 0.305 e. The number of ether oxygens (including phenoxy) is 1. The van der Waals surface area contributed by atoms with Crippen LogP contribution in [0.15, 0.2) is 12.2 Å². The van der Waals surface area contributed by atoms with Crippen LogP contribution in [-0.4, -0.2) is 24.3 Å². The number of esters is 1. The molecule has 124 valence electrons. The van der Waals surface area contributed by atoms with E-state index in [1.807, 2.05) is 6.92 Å². The minimum atomic E-state index is -0.310. The molecule has 0 saturated heterocycles. The van der Waals surface area contributed by atoms with Gasteiger partial charge in [0.25, 0.3) is 0 Å². The molecule has 0 radical (unpaired) electrons. The van der Waals surface area contributed by atoms with Gasteiger partial charge in [0.1, 0.15) is 0 Å². The molecule has 1 atom stereocenters. The quantitative estimate of drug-likeness (QED) is 0.285. The van der Waals surface area contributed by atoms with Gasteiger partial charge in [-0.2, -0.15) is 0 Å². The third-order valence-corrected chi connectivity index (χ3v) is 3.90. The molecule has 0 aromatic carbocycles. The fourth-order valence-corrected chi connectivity index (χ4v) is 2.37. The lowest BCUT2D eigenvalue weighted by Gasteiger charge is -2.09. The van der Waals surface area contributed by atoms with Crippen molar-refractivity contribution >= 4 is 5.97 Å². The molecule has 0 bridgehead atoms. The number of rotatable bonds is 14. The Morgan fingerprint density at radius 3 is 1.81 bits per heavy atom. The molecule has 0 aromatic heterocycles. The molecule has 3 nitrogen and oxygen atoms in total. The fraction of sp³-hybridized carbons (Fsp3) is 0.833. The van der Waals surface area contributed by atoms with Crippen LogP contribution in [0.5, 0.6) is 0 Å². The Bertz CT molecular complexity index is 274. The Hall–Kier alpha value is -0.830. The first-order valence-electron chi connectivity index (χ1n) is 8.48. The number of aliphatic hydroxyl groups excluding tert-OH is 1. The molecule has 0 aromatic rings. The van der Waals surface area contributed by atoms with Crippen LogP contribution < -0.4 is 0 Å². The van der Waals surface area contributed by atoms with Gasteiger partial charge in [0.15, 0.2) is 0 Å². The monoisotopic (exact) mass is 298 g/mol. The van der Waals surface area contributed by atoms with E-state index in [0.29, 0.717) is 6.42 Å². The lowest BCUT2D eigenvalue weighted by atomic mass is 10.0. The van der Waals surface area contributed by atoms with E-state index >= 15 is 0 Å². The van der Waals surface area contributed by atoms with Crippen molar-refractivity contribution in [1.29, 1.82) is 0 Å². The normalized spacial score (nSPS) is 12.1. The zero-order valence-electron chi connectivity index (χ0n) is 14.0. The van der Waals surface area contributed by atoms with Gasteiger partial charge in [-0.3, -0.25) is 4.79 Å². The third kappa shape index (κ3) is 13.9. The van der Waals surface area contributed by atoms with Gasteiger partial charge in [-0.25, -0.2) is 0 Å². The summed E-state index contributed by atoms with van der Waals surface area (Å²) in [6.45, 7) is 5.65. The second-order valence-corrected chi connectivity index (χ2v) is 6.01. The molecule has 0 aliphatic heterocycles. The van der Waals surface area contributed by atoms with Crippen molar-refractivity contribution < 1.29 is 14.6 Å². The molecule has 0 aliphatic rings. The number of aliphatic hydroxyl groups is 1. The summed E-state index contributed by atoms with van der Waals surface area (Å²) in [5, 5.41) is 9.59. The van der Waals surface area contributed by atoms with Crippen LogP contribution in [0.4, 0.5) is 0 Å². The molecule has 1 N–H and O–H groups in total. The maximum absolute atomic E-state index is 10.9. The molecule has 0 fully saturated rings. The maximum atomic E-state index is 10.9. The van der Waals surface area contributed by atoms with E-state index < -0.39 is 0 Å². The molecule has 21 heavy (non-hydrogen) atoms. The van der Waals surface area contributed by atoms with E-state index in [0.717, 1.165) is 31.3 Å². The minimum absolute atomic E-state index is 0.0910. The van der Waals surface area contributed by atoms with Crippen molar-refractivity contribution in [2.75, 3.05) is 7.11 Å². The Labute approximate surface area is 130 Å². The molecule has 0 aliphatic carbocycles. The predicted molar refractivity (Wildman–Crippen MR) is 88.2 cm³/mol. The lowest BCUT2D eigenvalue weighted by Crippen LogP contribution is -2.06. The zero-order chi connectivity index (χ0) is 15.9. The highest BCUT2D eigenvalue weighted by atomic mass is 16.5. The summed E-state index contributed by atoms with van der Waals surface area (Å²) in [4.78, 5) is 10.9. The van der Waals surface area contributed by atoms with Gasteiger partial charge in [0.05, 0.1) is 13.2 Å². The predicted octanol–water partition coefficient (Wildman–Crippen LogP) is 4.78. The summed E-state index contributed by atoms with van der Waals surface area (Å²) in [5.41, 5.74) is 0.877. The number of hydrogen-bond donors (Lipinski definition) is 1. The molecule has 1 unspecified atom stereocenters. The van der Waals surface area contributed by atoms with Crippen LogP contribution in [-0.2, 0) is 9.53 Å². The molecule has 0 spiro atoms.